The second kappa shape index (κ2) is 5.38. The largest absolute Gasteiger partial charge is 0.248 e. The normalized spacial score (nSPS) is 11.7. The van der Waals surface area contributed by atoms with Gasteiger partial charge in [0.15, 0.2) is 0 Å². The lowest BCUT2D eigenvalue weighted by molar-refractivity contribution is 0.496. The minimum absolute atomic E-state index is 0.269. The van der Waals surface area contributed by atoms with E-state index in [0.29, 0.717) is 0 Å². The number of rotatable bonds is 4. The highest BCUT2D eigenvalue weighted by Gasteiger charge is 2.17. The van der Waals surface area contributed by atoms with E-state index in [2.05, 4.69) is 34.8 Å². The third-order valence-electron chi connectivity index (χ3n) is 1.69. The lowest BCUT2D eigenvalue weighted by atomic mass is 10.0. The molecule has 0 radical (unpaired) electrons. The van der Waals surface area contributed by atoms with Gasteiger partial charge in [0.1, 0.15) is 5.03 Å². The van der Waals surface area contributed by atoms with Crippen LogP contribution in [0.5, 0.6) is 0 Å². The summed E-state index contributed by atoms with van der Waals surface area (Å²) in [5.41, 5.74) is 0.269. The molecule has 0 amide bonds. The Kier molecular flexibility index (Phi) is 4.74. The molecule has 1 rings (SSSR count). The second-order valence-electron chi connectivity index (χ2n) is 3.88. The molecule has 1 heterocycles. The average molecular weight is 295 g/mol. The van der Waals surface area contributed by atoms with Crippen LogP contribution in [0.3, 0.4) is 0 Å². The van der Waals surface area contributed by atoms with E-state index in [-0.39, 0.29) is 5.41 Å². The van der Waals surface area contributed by atoms with Gasteiger partial charge in [-0.15, -0.1) is 11.8 Å². The van der Waals surface area contributed by atoms with E-state index in [1.54, 1.807) is 18.0 Å². The van der Waals surface area contributed by atoms with Crippen LogP contribution in [-0.2, 0) is 0 Å². The highest BCUT2D eigenvalue weighted by Crippen LogP contribution is 2.31. The summed E-state index contributed by atoms with van der Waals surface area (Å²) < 4.78 is 0. The van der Waals surface area contributed by atoms with Gasteiger partial charge in [0, 0.05) is 17.3 Å². The summed E-state index contributed by atoms with van der Waals surface area (Å²) in [5.74, 6) is 1.01. The molecule has 0 spiro atoms. The van der Waals surface area contributed by atoms with E-state index < -0.39 is 0 Å². The summed E-state index contributed by atoms with van der Waals surface area (Å²) in [7, 11) is 0. The van der Waals surface area contributed by atoms with Crippen LogP contribution in [0.2, 0.25) is 5.02 Å². The fourth-order valence-electron chi connectivity index (χ4n) is 0.780. The van der Waals surface area contributed by atoms with Gasteiger partial charge in [0.05, 0.1) is 5.02 Å². The average Bonchev–Trinajstić information content (AvgIpc) is 2.17. The Morgan fingerprint density at radius 2 is 2.29 bits per heavy atom. The van der Waals surface area contributed by atoms with Gasteiger partial charge in [0.25, 0.3) is 0 Å². The van der Waals surface area contributed by atoms with Crippen molar-refractivity contribution < 1.29 is 0 Å². The topological polar surface area (TPSA) is 12.9 Å². The lowest BCUT2D eigenvalue weighted by Gasteiger charge is -2.20. The van der Waals surface area contributed by atoms with Crippen molar-refractivity contribution in [1.29, 1.82) is 0 Å². The molecule has 0 N–H and O–H groups in total. The third-order valence-corrected chi connectivity index (χ3v) is 5.15. The Morgan fingerprint density at radius 3 is 2.86 bits per heavy atom. The molecule has 0 aliphatic rings. The minimum Gasteiger partial charge on any atom is -0.248 e. The maximum absolute atomic E-state index is 6.00. The number of hydrogen-bond acceptors (Lipinski definition) is 2. The summed E-state index contributed by atoms with van der Waals surface area (Å²) in [6, 6.07) is 3.72. The van der Waals surface area contributed by atoms with Gasteiger partial charge in [-0.3, -0.25) is 0 Å². The molecule has 1 nitrogen and oxygen atoms in total. The smallest absolute Gasteiger partial charge is 0.115 e. The molecular formula is C10H13BrClNS. The van der Waals surface area contributed by atoms with Crippen LogP contribution in [-0.4, -0.2) is 16.1 Å². The van der Waals surface area contributed by atoms with Gasteiger partial charge >= 0.3 is 0 Å². The van der Waals surface area contributed by atoms with Gasteiger partial charge < -0.3 is 0 Å². The van der Waals surface area contributed by atoms with Crippen molar-refractivity contribution in [2.45, 2.75) is 18.9 Å². The first kappa shape index (κ1) is 12.3. The Hall–Kier alpha value is 0.270. The molecule has 0 aliphatic heterocycles. The Balaban J connectivity index is 2.58. The maximum atomic E-state index is 6.00. The summed E-state index contributed by atoms with van der Waals surface area (Å²) in [5, 5.41) is 2.64. The van der Waals surface area contributed by atoms with E-state index in [0.717, 1.165) is 21.1 Å². The Morgan fingerprint density at radius 1 is 1.57 bits per heavy atom. The Labute approximate surface area is 103 Å². The molecule has 0 aliphatic carbocycles. The maximum Gasteiger partial charge on any atom is 0.115 e. The molecule has 1 aromatic rings. The first-order valence-corrected chi connectivity index (χ1v) is 6.83. The van der Waals surface area contributed by atoms with E-state index in [9.17, 15) is 0 Å². The quantitative estimate of drug-likeness (QED) is 0.608. The van der Waals surface area contributed by atoms with Crippen molar-refractivity contribution in [3.05, 3.63) is 23.4 Å². The van der Waals surface area contributed by atoms with E-state index >= 15 is 0 Å². The van der Waals surface area contributed by atoms with Crippen LogP contribution in [0.4, 0.5) is 0 Å². The van der Waals surface area contributed by atoms with Crippen molar-refractivity contribution >= 4 is 39.3 Å². The number of alkyl halides is 1. The fourth-order valence-corrected chi connectivity index (χ4v) is 2.50. The van der Waals surface area contributed by atoms with Crippen LogP contribution in [0.25, 0.3) is 0 Å². The molecular weight excluding hydrogens is 282 g/mol. The van der Waals surface area contributed by atoms with Gasteiger partial charge in [-0.1, -0.05) is 41.4 Å². The molecule has 0 bridgehead atoms. The van der Waals surface area contributed by atoms with Crippen LogP contribution >= 0.6 is 39.3 Å². The number of thioether (sulfide) groups is 1. The van der Waals surface area contributed by atoms with E-state index in [1.807, 2.05) is 12.1 Å². The van der Waals surface area contributed by atoms with Gasteiger partial charge in [-0.2, -0.15) is 0 Å². The Bertz CT molecular complexity index is 304. The van der Waals surface area contributed by atoms with Crippen LogP contribution in [0.1, 0.15) is 13.8 Å². The summed E-state index contributed by atoms with van der Waals surface area (Å²) in [4.78, 5) is 4.23. The van der Waals surface area contributed by atoms with Crippen LogP contribution < -0.4 is 0 Å². The second-order valence-corrected chi connectivity index (χ2v) is 5.81. The van der Waals surface area contributed by atoms with Crippen LogP contribution in [0, 0.1) is 5.41 Å². The molecule has 78 valence electrons. The zero-order valence-electron chi connectivity index (χ0n) is 8.26. The van der Waals surface area contributed by atoms with Gasteiger partial charge in [-0.25, -0.2) is 4.98 Å². The van der Waals surface area contributed by atoms with Crippen molar-refractivity contribution in [1.82, 2.24) is 4.98 Å². The predicted octanol–water partition coefficient (Wildman–Crippen LogP) is 4.25. The first-order valence-electron chi connectivity index (χ1n) is 4.34. The summed E-state index contributed by atoms with van der Waals surface area (Å²) in [6.07, 6.45) is 1.77. The monoisotopic (exact) mass is 293 g/mol. The zero-order chi connectivity index (χ0) is 10.6. The van der Waals surface area contributed by atoms with Crippen molar-refractivity contribution in [3.63, 3.8) is 0 Å². The number of halogens is 2. The molecule has 0 atom stereocenters. The van der Waals surface area contributed by atoms with Crippen molar-refractivity contribution in [3.8, 4) is 0 Å². The van der Waals surface area contributed by atoms with E-state index in [4.69, 9.17) is 11.6 Å². The molecule has 4 heteroatoms. The highest BCUT2D eigenvalue weighted by molar-refractivity contribution is 9.09. The summed E-state index contributed by atoms with van der Waals surface area (Å²) in [6.45, 7) is 4.43. The van der Waals surface area contributed by atoms with E-state index in [1.165, 1.54) is 0 Å². The fraction of sp³-hybridized carbons (Fsp3) is 0.500. The number of pyridine rings is 1. The third kappa shape index (κ3) is 3.79. The standard InChI is InChI=1S/C10H13BrClNS/c1-10(2,6-11)7-14-9-8(12)4-3-5-13-9/h3-5H,6-7H2,1-2H3. The molecule has 1 aromatic heterocycles. The lowest BCUT2D eigenvalue weighted by Crippen LogP contribution is -2.16. The van der Waals surface area contributed by atoms with Gasteiger partial charge in [-0.05, 0) is 17.5 Å². The number of aromatic nitrogens is 1. The first-order chi connectivity index (χ1) is 6.55. The minimum atomic E-state index is 0.269. The molecule has 0 fully saturated rings. The summed E-state index contributed by atoms with van der Waals surface area (Å²) >= 11 is 11.2. The van der Waals surface area contributed by atoms with Crippen molar-refractivity contribution in [2.24, 2.45) is 5.41 Å². The van der Waals surface area contributed by atoms with Crippen LogP contribution in [0.15, 0.2) is 23.4 Å². The van der Waals surface area contributed by atoms with Crippen molar-refractivity contribution in [2.75, 3.05) is 11.1 Å². The highest BCUT2D eigenvalue weighted by atomic mass is 79.9. The molecule has 14 heavy (non-hydrogen) atoms. The molecule has 0 aromatic carbocycles. The predicted molar refractivity (Wildman–Crippen MR) is 67.5 cm³/mol. The molecule has 0 saturated heterocycles. The SMILES string of the molecule is CC(C)(CBr)CSc1ncccc1Cl. The zero-order valence-corrected chi connectivity index (χ0v) is 11.4. The number of hydrogen-bond donors (Lipinski definition) is 0. The molecule has 0 saturated carbocycles. The number of nitrogens with zero attached hydrogens (tertiary/aromatic N) is 1. The van der Waals surface area contributed by atoms with Gasteiger partial charge in [0.2, 0.25) is 0 Å². The molecule has 0 unspecified atom stereocenters.